The Labute approximate surface area is 145 Å². The molecule has 0 aliphatic heterocycles. The maximum absolute atomic E-state index is 6.09. The standard InChI is InChI=1S/C22H28N2/c23-21-10-9-20(15-21)19-8-7-17-13-16(4-6-18(17)14-19)5-11-22-3-1-2-12-24-22/h1-3,7-8,12,14,16,20-21H,4-6,9-11,13,15,23H2. The number of aromatic nitrogens is 1. The zero-order valence-electron chi connectivity index (χ0n) is 14.5. The highest BCUT2D eigenvalue weighted by molar-refractivity contribution is 5.36. The Hall–Kier alpha value is -1.67. The molecule has 2 aliphatic carbocycles. The highest BCUT2D eigenvalue weighted by Gasteiger charge is 2.25. The maximum Gasteiger partial charge on any atom is 0.0403 e. The van der Waals surface area contributed by atoms with Crippen LogP contribution < -0.4 is 5.73 Å². The van der Waals surface area contributed by atoms with Crippen molar-refractivity contribution < 1.29 is 0 Å². The third-order valence-corrected chi connectivity index (χ3v) is 6.04. The molecule has 2 aromatic rings. The molecular formula is C22H28N2. The van der Waals surface area contributed by atoms with Crippen molar-refractivity contribution in [1.29, 1.82) is 0 Å². The molecule has 2 aliphatic rings. The van der Waals surface area contributed by atoms with Crippen LogP contribution in [0.4, 0.5) is 0 Å². The fourth-order valence-electron chi connectivity index (χ4n) is 4.57. The van der Waals surface area contributed by atoms with E-state index in [0.29, 0.717) is 12.0 Å². The van der Waals surface area contributed by atoms with Gasteiger partial charge in [0.1, 0.15) is 0 Å². The van der Waals surface area contributed by atoms with Crippen molar-refractivity contribution in [3.63, 3.8) is 0 Å². The topological polar surface area (TPSA) is 38.9 Å². The van der Waals surface area contributed by atoms with Gasteiger partial charge in [-0.1, -0.05) is 24.3 Å². The molecule has 3 atom stereocenters. The van der Waals surface area contributed by atoms with E-state index >= 15 is 0 Å². The van der Waals surface area contributed by atoms with Gasteiger partial charge in [0.05, 0.1) is 0 Å². The van der Waals surface area contributed by atoms with Gasteiger partial charge in [-0.3, -0.25) is 4.98 Å². The summed E-state index contributed by atoms with van der Waals surface area (Å²) >= 11 is 0. The number of nitrogens with zero attached hydrogens (tertiary/aromatic N) is 1. The predicted octanol–water partition coefficient (Wildman–Crippen LogP) is 4.41. The number of fused-ring (bicyclic) bond motifs is 1. The van der Waals surface area contributed by atoms with Gasteiger partial charge in [0.2, 0.25) is 0 Å². The van der Waals surface area contributed by atoms with Crippen LogP contribution in [0.15, 0.2) is 42.6 Å². The van der Waals surface area contributed by atoms with Crippen LogP contribution in [0.1, 0.15) is 60.4 Å². The van der Waals surface area contributed by atoms with Crippen LogP contribution in [0, 0.1) is 5.92 Å². The second kappa shape index (κ2) is 7.06. The minimum absolute atomic E-state index is 0.419. The summed E-state index contributed by atoms with van der Waals surface area (Å²) in [6.45, 7) is 0. The van der Waals surface area contributed by atoms with Crippen LogP contribution in [0.25, 0.3) is 0 Å². The summed E-state index contributed by atoms with van der Waals surface area (Å²) in [5, 5.41) is 0. The van der Waals surface area contributed by atoms with Gasteiger partial charge in [-0.25, -0.2) is 0 Å². The highest BCUT2D eigenvalue weighted by Crippen LogP contribution is 2.36. The molecule has 3 unspecified atom stereocenters. The number of nitrogens with two attached hydrogens (primary N) is 1. The summed E-state index contributed by atoms with van der Waals surface area (Å²) in [5.41, 5.74) is 12.0. The van der Waals surface area contributed by atoms with E-state index in [1.807, 2.05) is 12.3 Å². The number of hydrogen-bond donors (Lipinski definition) is 1. The maximum atomic E-state index is 6.09. The minimum atomic E-state index is 0.419. The van der Waals surface area contributed by atoms with E-state index in [1.165, 1.54) is 56.2 Å². The summed E-state index contributed by atoms with van der Waals surface area (Å²) in [4.78, 5) is 4.46. The molecule has 0 saturated heterocycles. The van der Waals surface area contributed by atoms with Gasteiger partial charge in [-0.2, -0.15) is 0 Å². The molecule has 1 aromatic carbocycles. The van der Waals surface area contributed by atoms with Crippen molar-refractivity contribution in [2.24, 2.45) is 11.7 Å². The van der Waals surface area contributed by atoms with Crippen LogP contribution >= 0.6 is 0 Å². The first-order chi connectivity index (χ1) is 11.8. The van der Waals surface area contributed by atoms with Gasteiger partial charge in [0, 0.05) is 17.9 Å². The zero-order chi connectivity index (χ0) is 16.4. The van der Waals surface area contributed by atoms with Crippen molar-refractivity contribution in [3.8, 4) is 0 Å². The van der Waals surface area contributed by atoms with Gasteiger partial charge in [-0.05, 0) is 92.0 Å². The third-order valence-electron chi connectivity index (χ3n) is 6.04. The Kier molecular flexibility index (Phi) is 4.66. The fourth-order valence-corrected chi connectivity index (χ4v) is 4.57. The van der Waals surface area contributed by atoms with Gasteiger partial charge in [0.25, 0.3) is 0 Å². The first-order valence-corrected chi connectivity index (χ1v) is 9.55. The van der Waals surface area contributed by atoms with Gasteiger partial charge >= 0.3 is 0 Å². The van der Waals surface area contributed by atoms with E-state index in [-0.39, 0.29) is 0 Å². The average molecular weight is 320 g/mol. The molecule has 2 nitrogen and oxygen atoms in total. The Morgan fingerprint density at radius 3 is 2.79 bits per heavy atom. The second-order valence-electron chi connectivity index (χ2n) is 7.77. The second-order valence-corrected chi connectivity index (χ2v) is 7.77. The van der Waals surface area contributed by atoms with E-state index in [9.17, 15) is 0 Å². The monoisotopic (exact) mass is 320 g/mol. The predicted molar refractivity (Wildman–Crippen MR) is 99.1 cm³/mol. The molecule has 126 valence electrons. The Morgan fingerprint density at radius 1 is 1.04 bits per heavy atom. The third kappa shape index (κ3) is 3.54. The van der Waals surface area contributed by atoms with E-state index in [4.69, 9.17) is 5.73 Å². The zero-order valence-corrected chi connectivity index (χ0v) is 14.5. The summed E-state index contributed by atoms with van der Waals surface area (Å²) in [5.74, 6) is 1.51. The summed E-state index contributed by atoms with van der Waals surface area (Å²) in [6.07, 6.45) is 11.7. The Balaban J connectivity index is 1.38. The smallest absolute Gasteiger partial charge is 0.0403 e. The SMILES string of the molecule is NC1CCC(c2ccc3c(c2)CCC(CCc2ccccn2)C3)C1. The summed E-state index contributed by atoms with van der Waals surface area (Å²) < 4.78 is 0. The number of rotatable bonds is 4. The number of pyridine rings is 1. The largest absolute Gasteiger partial charge is 0.328 e. The van der Waals surface area contributed by atoms with Crippen LogP contribution in [0.3, 0.4) is 0 Å². The Morgan fingerprint density at radius 2 is 2.00 bits per heavy atom. The molecule has 24 heavy (non-hydrogen) atoms. The molecule has 1 saturated carbocycles. The summed E-state index contributed by atoms with van der Waals surface area (Å²) in [7, 11) is 0. The molecule has 1 fully saturated rings. The highest BCUT2D eigenvalue weighted by atomic mass is 14.7. The molecular weight excluding hydrogens is 292 g/mol. The van der Waals surface area contributed by atoms with Crippen molar-refractivity contribution >= 4 is 0 Å². The molecule has 0 bridgehead atoms. The Bertz CT molecular complexity index is 680. The average Bonchev–Trinajstić information content (AvgIpc) is 3.07. The van der Waals surface area contributed by atoms with Crippen LogP contribution in [-0.2, 0) is 19.3 Å². The van der Waals surface area contributed by atoms with Crippen molar-refractivity contribution in [1.82, 2.24) is 4.98 Å². The minimum Gasteiger partial charge on any atom is -0.328 e. The lowest BCUT2D eigenvalue weighted by atomic mass is 9.80. The first kappa shape index (κ1) is 15.8. The van der Waals surface area contributed by atoms with Gasteiger partial charge in [0.15, 0.2) is 0 Å². The van der Waals surface area contributed by atoms with E-state index in [0.717, 1.165) is 12.3 Å². The van der Waals surface area contributed by atoms with Crippen molar-refractivity contribution in [2.75, 3.05) is 0 Å². The van der Waals surface area contributed by atoms with Crippen molar-refractivity contribution in [3.05, 3.63) is 65.0 Å². The number of aryl methyl sites for hydroxylation is 2. The number of hydrogen-bond acceptors (Lipinski definition) is 2. The summed E-state index contributed by atoms with van der Waals surface area (Å²) in [6, 6.07) is 13.9. The molecule has 4 rings (SSSR count). The van der Waals surface area contributed by atoms with Crippen LogP contribution in [0.2, 0.25) is 0 Å². The quantitative estimate of drug-likeness (QED) is 0.906. The molecule has 2 heteroatoms. The number of benzene rings is 1. The van der Waals surface area contributed by atoms with Gasteiger partial charge < -0.3 is 5.73 Å². The normalized spacial score (nSPS) is 26.3. The van der Waals surface area contributed by atoms with Gasteiger partial charge in [-0.15, -0.1) is 0 Å². The lowest BCUT2D eigenvalue weighted by molar-refractivity contribution is 0.425. The van der Waals surface area contributed by atoms with E-state index in [1.54, 1.807) is 11.1 Å². The molecule has 1 aromatic heterocycles. The fraction of sp³-hybridized carbons (Fsp3) is 0.500. The first-order valence-electron chi connectivity index (χ1n) is 9.55. The van der Waals surface area contributed by atoms with Crippen LogP contribution in [-0.4, -0.2) is 11.0 Å². The lowest BCUT2D eigenvalue weighted by Crippen LogP contribution is -2.16. The molecule has 0 spiro atoms. The molecule has 0 radical (unpaired) electrons. The van der Waals surface area contributed by atoms with E-state index < -0.39 is 0 Å². The molecule has 1 heterocycles. The van der Waals surface area contributed by atoms with Crippen molar-refractivity contribution in [2.45, 2.75) is 63.3 Å². The lowest BCUT2D eigenvalue weighted by Gasteiger charge is -2.26. The van der Waals surface area contributed by atoms with E-state index in [2.05, 4.69) is 35.3 Å². The van der Waals surface area contributed by atoms with Crippen LogP contribution in [0.5, 0.6) is 0 Å². The molecule has 2 N–H and O–H groups in total. The molecule has 0 amide bonds.